The van der Waals surface area contributed by atoms with Crippen molar-refractivity contribution in [2.75, 3.05) is 0 Å². The van der Waals surface area contributed by atoms with Crippen LogP contribution in [0.5, 0.6) is 0 Å². The van der Waals surface area contributed by atoms with Crippen LogP contribution in [0.1, 0.15) is 122 Å². The molecule has 0 atom stereocenters. The summed E-state index contributed by atoms with van der Waals surface area (Å²) in [4.78, 5) is 22.7. The minimum absolute atomic E-state index is 0.0102. The van der Waals surface area contributed by atoms with E-state index in [-0.39, 0.29) is 33.4 Å². The molecule has 1 aromatic carbocycles. The van der Waals surface area contributed by atoms with Gasteiger partial charge in [-0.05, 0) is 124 Å². The number of fused-ring (bicyclic) bond motifs is 2. The fourth-order valence-corrected chi connectivity index (χ4v) is 7.69. The van der Waals surface area contributed by atoms with Gasteiger partial charge in [-0.1, -0.05) is 144 Å². The van der Waals surface area contributed by atoms with Gasteiger partial charge in [0.05, 0.1) is 4.92 Å². The molecule has 0 radical (unpaired) electrons. The van der Waals surface area contributed by atoms with Gasteiger partial charge in [-0.15, -0.1) is 5.57 Å². The maximum absolute atomic E-state index is 11.8. The predicted molar refractivity (Wildman–Crippen MR) is 237 cm³/mol. The molecule has 5 aliphatic carbocycles. The number of allylic oxidation sites excluding steroid dienone is 5. The minimum atomic E-state index is -0.400. The third kappa shape index (κ3) is 8.37. The molecule has 6 heteroatoms. The van der Waals surface area contributed by atoms with E-state index in [0.29, 0.717) is 0 Å². The van der Waals surface area contributed by atoms with Crippen molar-refractivity contribution in [1.29, 1.82) is 0 Å². The number of hydrogen-bond donors (Lipinski definition) is 0. The Hall–Kier alpha value is -5.75. The average Bonchev–Trinajstić information content (AvgIpc) is 3.46. The first-order chi connectivity index (χ1) is 26.4. The van der Waals surface area contributed by atoms with Crippen LogP contribution in [0, 0.1) is 26.3 Å². The van der Waals surface area contributed by atoms with Crippen LogP contribution in [0.3, 0.4) is 0 Å². The number of benzene rings is 1. The standard InChI is InChI=1S/C51H55N2O4/c1-48(2,3)34-17-25-38-40(27-19-34)46(50(7,8)9)30-44(38)43(45-31-47(51(10,11)12)41-28-20-35(49(4,5)6)18-26-39(41)45)29-42(32-13-21-36(22-14-32)52(54)55)33-15-23-37(24-16-33)53(56)57/h13-31H,1-12H3/q-1. The van der Waals surface area contributed by atoms with Crippen molar-refractivity contribution in [2.45, 2.75) is 105 Å². The lowest BCUT2D eigenvalue weighted by Crippen LogP contribution is -2.10. The number of non-ortho nitro benzene ring substituents is 1. The summed E-state index contributed by atoms with van der Waals surface area (Å²) in [7, 11) is 0. The average molecular weight is 760 g/mol. The molecule has 6 nitrogen and oxygen atoms in total. The summed E-state index contributed by atoms with van der Waals surface area (Å²) < 4.78 is 0. The molecule has 0 fully saturated rings. The highest BCUT2D eigenvalue weighted by Crippen LogP contribution is 2.49. The molecule has 0 aliphatic heterocycles. The molecule has 5 aliphatic rings. The Morgan fingerprint density at radius 1 is 0.544 bits per heavy atom. The number of hydrogen-bond acceptors (Lipinski definition) is 4. The van der Waals surface area contributed by atoms with E-state index in [1.165, 1.54) is 57.7 Å². The van der Waals surface area contributed by atoms with Crippen LogP contribution < -0.4 is 0 Å². The predicted octanol–water partition coefficient (Wildman–Crippen LogP) is 13.8. The van der Waals surface area contributed by atoms with Crippen molar-refractivity contribution in [1.82, 2.24) is 0 Å². The van der Waals surface area contributed by atoms with Crippen LogP contribution >= 0.6 is 0 Å². The van der Waals surface area contributed by atoms with Gasteiger partial charge in [0.25, 0.3) is 5.69 Å². The molecule has 0 unspecified atom stereocenters. The smallest absolute Gasteiger partial charge is 0.269 e. The summed E-state index contributed by atoms with van der Waals surface area (Å²) in [5, 5.41) is 23.5. The van der Waals surface area contributed by atoms with Crippen LogP contribution in [0.4, 0.5) is 5.69 Å². The Morgan fingerprint density at radius 2 is 0.947 bits per heavy atom. The fourth-order valence-electron chi connectivity index (χ4n) is 7.69. The fraction of sp³-hybridized carbons (Fsp3) is 0.314. The monoisotopic (exact) mass is 759 g/mol. The van der Waals surface area contributed by atoms with Gasteiger partial charge in [0.1, 0.15) is 0 Å². The second-order valence-electron chi connectivity index (χ2n) is 19.4. The van der Waals surface area contributed by atoms with Gasteiger partial charge < -0.3 is 0 Å². The van der Waals surface area contributed by atoms with E-state index < -0.39 is 9.85 Å². The highest BCUT2D eigenvalue weighted by Gasteiger charge is 2.31. The highest BCUT2D eigenvalue weighted by molar-refractivity contribution is 6.03. The van der Waals surface area contributed by atoms with Crippen LogP contribution in [0.25, 0.3) is 33.4 Å². The molecule has 0 heterocycles. The third-order valence-electron chi connectivity index (χ3n) is 11.0. The lowest BCUT2D eigenvalue weighted by atomic mass is 9.85. The lowest BCUT2D eigenvalue weighted by molar-refractivity contribution is -0.448. The van der Waals surface area contributed by atoms with Crippen molar-refractivity contribution < 1.29 is 9.85 Å². The van der Waals surface area contributed by atoms with Crippen molar-refractivity contribution >= 4 is 16.8 Å². The van der Waals surface area contributed by atoms with Crippen LogP contribution in [0.2, 0.25) is 0 Å². The number of rotatable bonds is 6. The van der Waals surface area contributed by atoms with Gasteiger partial charge in [0, 0.05) is 17.1 Å². The van der Waals surface area contributed by atoms with Gasteiger partial charge in [-0.3, -0.25) is 20.2 Å². The zero-order valence-corrected chi connectivity index (χ0v) is 35.5. The van der Waals surface area contributed by atoms with E-state index in [1.807, 2.05) is 0 Å². The van der Waals surface area contributed by atoms with Gasteiger partial charge in [-0.25, -0.2) is 0 Å². The number of nitro groups is 2. The molecule has 57 heavy (non-hydrogen) atoms. The van der Waals surface area contributed by atoms with Crippen molar-refractivity contribution in [3.05, 3.63) is 186 Å². The van der Waals surface area contributed by atoms with Crippen LogP contribution in [-0.4, -0.2) is 9.85 Å². The second kappa shape index (κ2) is 14.6. The maximum atomic E-state index is 11.8. The number of nitrogens with zero attached hydrogens (tertiary/aromatic N) is 2. The third-order valence-corrected chi connectivity index (χ3v) is 11.0. The summed E-state index contributed by atoms with van der Waals surface area (Å²) in [6, 6.07) is 29.3. The largest absolute Gasteiger partial charge is 0.270 e. The molecule has 294 valence electrons. The number of nitro benzene ring substituents is 1. The minimum Gasteiger partial charge on any atom is -0.270 e. The molecule has 0 saturated heterocycles. The molecule has 0 N–H and O–H groups in total. The summed E-state index contributed by atoms with van der Waals surface area (Å²) in [5.74, 6) is 0. The van der Waals surface area contributed by atoms with Crippen LogP contribution in [0.15, 0.2) is 121 Å². The normalized spacial score (nSPS) is 13.7. The van der Waals surface area contributed by atoms with E-state index in [9.17, 15) is 20.2 Å². The van der Waals surface area contributed by atoms with E-state index >= 15 is 0 Å². The molecule has 1 aromatic rings. The zero-order valence-electron chi connectivity index (χ0n) is 35.5. The molecular weight excluding hydrogens is 705 g/mol. The van der Waals surface area contributed by atoms with Gasteiger partial charge >= 0.3 is 0 Å². The van der Waals surface area contributed by atoms with E-state index in [0.717, 1.165) is 44.5 Å². The molecule has 0 aromatic heterocycles. The molecule has 0 saturated carbocycles. The molecule has 6 rings (SSSR count). The Morgan fingerprint density at radius 3 is 1.30 bits per heavy atom. The van der Waals surface area contributed by atoms with Gasteiger partial charge in [-0.2, -0.15) is 12.2 Å². The summed E-state index contributed by atoms with van der Waals surface area (Å²) in [5.41, 5.74) is 14.5. The summed E-state index contributed by atoms with van der Waals surface area (Å²) in [6.07, 6.45) is 8.76. The van der Waals surface area contributed by atoms with Gasteiger partial charge in [0.15, 0.2) is 6.04 Å². The van der Waals surface area contributed by atoms with E-state index in [1.54, 1.807) is 24.3 Å². The Kier molecular flexibility index (Phi) is 10.5. The Labute approximate surface area is 338 Å². The van der Waals surface area contributed by atoms with Crippen molar-refractivity contribution in [2.24, 2.45) is 0 Å². The Bertz CT molecular complexity index is 2300. The summed E-state index contributed by atoms with van der Waals surface area (Å²) in [6.45, 7) is 26.9. The second-order valence-corrected chi connectivity index (χ2v) is 19.4. The van der Waals surface area contributed by atoms with E-state index in [2.05, 4.69) is 150 Å². The topological polar surface area (TPSA) is 86.3 Å². The molecule has 0 bridgehead atoms. The molecule has 0 spiro atoms. The van der Waals surface area contributed by atoms with Crippen molar-refractivity contribution in [3.8, 4) is 22.3 Å². The van der Waals surface area contributed by atoms with Crippen LogP contribution in [-0.2, 0) is 21.7 Å². The first kappa shape index (κ1) is 40.9. The van der Waals surface area contributed by atoms with E-state index in [4.69, 9.17) is 0 Å². The first-order valence-corrected chi connectivity index (χ1v) is 19.7. The Balaban J connectivity index is 1.80. The lowest BCUT2D eigenvalue weighted by Gasteiger charge is -2.19. The maximum Gasteiger partial charge on any atom is 0.269 e. The zero-order chi connectivity index (χ0) is 41.8. The molecule has 0 amide bonds. The SMILES string of the molecule is CC(C)(C)c1ccc2c(C(=CC(=C3C=C[C-]([N+](=O)[O-])C=C3)c3ccc([N+](=O)[O-])cc3)c3cc(C(C)(C)C)c4ccc(C(C)(C)C)ccc3-4)cc(C(C)(C)C)c-2cc1. The van der Waals surface area contributed by atoms with Crippen molar-refractivity contribution in [3.63, 3.8) is 0 Å². The van der Waals surface area contributed by atoms with Gasteiger partial charge in [0.2, 0.25) is 0 Å². The summed E-state index contributed by atoms with van der Waals surface area (Å²) >= 11 is 0. The first-order valence-electron chi connectivity index (χ1n) is 19.7. The molecular formula is C51H55N2O4-. The quantitative estimate of drug-likeness (QED) is 0.0980. The highest BCUT2D eigenvalue weighted by atomic mass is 16.6.